The number of rotatable bonds is 3. The smallest absolute Gasteiger partial charge is 0.247 e. The molecule has 5 nitrogen and oxygen atoms in total. The van der Waals surface area contributed by atoms with Crippen LogP contribution in [0.15, 0.2) is 41.8 Å². The molecule has 112 valence electrons. The molecule has 1 aliphatic rings. The summed E-state index contributed by atoms with van der Waals surface area (Å²) < 4.78 is 0. The van der Waals surface area contributed by atoms with E-state index in [1.807, 2.05) is 32.0 Å². The number of aryl methyl sites for hydroxylation is 2. The highest BCUT2D eigenvalue weighted by molar-refractivity contribution is 8.00. The zero-order valence-corrected chi connectivity index (χ0v) is 13.1. The zero-order chi connectivity index (χ0) is 15.7. The maximum atomic E-state index is 12.5. The van der Waals surface area contributed by atoms with Crippen molar-refractivity contribution in [3.8, 4) is 0 Å². The Labute approximate surface area is 132 Å². The Morgan fingerprint density at radius 2 is 1.86 bits per heavy atom. The Hall–Kier alpha value is -2.21. The summed E-state index contributed by atoms with van der Waals surface area (Å²) in [5.74, 6) is -0.382. The van der Waals surface area contributed by atoms with Gasteiger partial charge in [-0.15, -0.1) is 0 Å². The largest absolute Gasteiger partial charge is 0.274 e. The second-order valence-corrected chi connectivity index (χ2v) is 6.35. The standard InChI is InChI=1S/C16H15N3O2S/c1-10-4-5-12(8-11(10)2)19-14(20)9-13(15(19)21)22-16-17-6-3-7-18-16/h3-8,13H,9H2,1-2H3. The van der Waals surface area contributed by atoms with E-state index in [1.54, 1.807) is 18.5 Å². The van der Waals surface area contributed by atoms with Crippen LogP contribution in [0.5, 0.6) is 0 Å². The molecule has 0 aliphatic carbocycles. The van der Waals surface area contributed by atoms with Gasteiger partial charge in [0, 0.05) is 18.8 Å². The van der Waals surface area contributed by atoms with E-state index in [0.717, 1.165) is 11.1 Å². The predicted molar refractivity (Wildman–Crippen MR) is 84.7 cm³/mol. The number of amides is 2. The minimum Gasteiger partial charge on any atom is -0.274 e. The number of hydrogen-bond donors (Lipinski definition) is 0. The van der Waals surface area contributed by atoms with E-state index < -0.39 is 5.25 Å². The van der Waals surface area contributed by atoms with Crippen LogP contribution < -0.4 is 4.90 Å². The van der Waals surface area contributed by atoms with Gasteiger partial charge < -0.3 is 0 Å². The normalized spacial score (nSPS) is 18.1. The predicted octanol–water partition coefficient (Wildman–Crippen LogP) is 2.52. The van der Waals surface area contributed by atoms with E-state index in [2.05, 4.69) is 9.97 Å². The number of anilines is 1. The fourth-order valence-electron chi connectivity index (χ4n) is 2.31. The molecule has 1 unspecified atom stereocenters. The molecule has 0 radical (unpaired) electrons. The van der Waals surface area contributed by atoms with Gasteiger partial charge in [0.2, 0.25) is 11.8 Å². The lowest BCUT2D eigenvalue weighted by molar-refractivity contribution is -0.121. The molecular weight excluding hydrogens is 298 g/mol. The molecule has 1 fully saturated rings. The molecule has 1 aliphatic heterocycles. The third-order valence-electron chi connectivity index (χ3n) is 3.64. The van der Waals surface area contributed by atoms with Crippen LogP contribution in [0.25, 0.3) is 0 Å². The van der Waals surface area contributed by atoms with Crippen molar-refractivity contribution in [3.05, 3.63) is 47.8 Å². The Bertz CT molecular complexity index is 733. The highest BCUT2D eigenvalue weighted by Gasteiger charge is 2.40. The molecule has 22 heavy (non-hydrogen) atoms. The lowest BCUT2D eigenvalue weighted by Crippen LogP contribution is -2.31. The van der Waals surface area contributed by atoms with Gasteiger partial charge >= 0.3 is 0 Å². The van der Waals surface area contributed by atoms with Crippen molar-refractivity contribution in [2.75, 3.05) is 4.90 Å². The maximum Gasteiger partial charge on any atom is 0.247 e. The van der Waals surface area contributed by atoms with Gasteiger partial charge in [0.25, 0.3) is 0 Å². The van der Waals surface area contributed by atoms with Crippen LogP contribution in [0.3, 0.4) is 0 Å². The molecule has 0 spiro atoms. The summed E-state index contributed by atoms with van der Waals surface area (Å²) in [6, 6.07) is 7.32. The average Bonchev–Trinajstić information content (AvgIpc) is 2.78. The molecule has 2 amide bonds. The lowest BCUT2D eigenvalue weighted by atomic mass is 10.1. The first-order chi connectivity index (χ1) is 10.6. The first kappa shape index (κ1) is 14.7. The average molecular weight is 313 g/mol. The number of hydrogen-bond acceptors (Lipinski definition) is 5. The second kappa shape index (κ2) is 5.88. The summed E-state index contributed by atoms with van der Waals surface area (Å²) in [6.07, 6.45) is 3.42. The van der Waals surface area contributed by atoms with Crippen molar-refractivity contribution in [3.63, 3.8) is 0 Å². The molecule has 1 aromatic heterocycles. The van der Waals surface area contributed by atoms with Gasteiger partial charge in [-0.1, -0.05) is 17.8 Å². The van der Waals surface area contributed by atoms with Gasteiger partial charge in [0.05, 0.1) is 5.69 Å². The van der Waals surface area contributed by atoms with Crippen LogP contribution in [0.2, 0.25) is 0 Å². The number of carbonyl (C=O) groups is 2. The van der Waals surface area contributed by atoms with E-state index >= 15 is 0 Å². The summed E-state index contributed by atoms with van der Waals surface area (Å²) in [5, 5.41) is 0.0482. The zero-order valence-electron chi connectivity index (χ0n) is 12.3. The van der Waals surface area contributed by atoms with Crippen LogP contribution in [-0.4, -0.2) is 27.0 Å². The Morgan fingerprint density at radius 3 is 2.55 bits per heavy atom. The van der Waals surface area contributed by atoms with Crippen molar-refractivity contribution >= 4 is 29.3 Å². The Balaban J connectivity index is 1.83. The van der Waals surface area contributed by atoms with Crippen LogP contribution in [0.1, 0.15) is 17.5 Å². The summed E-state index contributed by atoms with van der Waals surface area (Å²) in [6.45, 7) is 3.96. The summed E-state index contributed by atoms with van der Waals surface area (Å²) in [7, 11) is 0. The third kappa shape index (κ3) is 2.74. The summed E-state index contributed by atoms with van der Waals surface area (Å²) >= 11 is 1.23. The van der Waals surface area contributed by atoms with Gasteiger partial charge in [0.15, 0.2) is 5.16 Å². The van der Waals surface area contributed by atoms with Gasteiger partial charge in [-0.2, -0.15) is 0 Å². The molecule has 2 heterocycles. The molecular formula is C16H15N3O2S. The van der Waals surface area contributed by atoms with Crippen LogP contribution in [0, 0.1) is 13.8 Å². The van der Waals surface area contributed by atoms with E-state index in [1.165, 1.54) is 16.7 Å². The van der Waals surface area contributed by atoms with Crippen molar-refractivity contribution in [2.45, 2.75) is 30.7 Å². The second-order valence-electron chi connectivity index (χ2n) is 5.18. The topological polar surface area (TPSA) is 63.2 Å². The van der Waals surface area contributed by atoms with Crippen molar-refractivity contribution in [1.82, 2.24) is 9.97 Å². The van der Waals surface area contributed by atoms with Crippen LogP contribution >= 0.6 is 11.8 Å². The Morgan fingerprint density at radius 1 is 1.14 bits per heavy atom. The first-order valence-electron chi connectivity index (χ1n) is 6.94. The fraction of sp³-hybridized carbons (Fsp3) is 0.250. The molecule has 1 saturated heterocycles. The van der Waals surface area contributed by atoms with Gasteiger partial charge in [0.1, 0.15) is 5.25 Å². The molecule has 6 heteroatoms. The Kier molecular flexibility index (Phi) is 3.94. The molecule has 0 N–H and O–H groups in total. The van der Waals surface area contributed by atoms with Crippen molar-refractivity contribution in [1.29, 1.82) is 0 Å². The number of nitrogens with zero attached hydrogens (tertiary/aromatic N) is 3. The first-order valence-corrected chi connectivity index (χ1v) is 7.82. The maximum absolute atomic E-state index is 12.5. The van der Waals surface area contributed by atoms with E-state index in [-0.39, 0.29) is 18.2 Å². The molecule has 1 aromatic carbocycles. The number of thioether (sulfide) groups is 1. The van der Waals surface area contributed by atoms with E-state index in [0.29, 0.717) is 10.8 Å². The van der Waals surface area contributed by atoms with Gasteiger partial charge in [-0.25, -0.2) is 14.9 Å². The molecule has 0 saturated carbocycles. The fourth-order valence-corrected chi connectivity index (χ4v) is 3.24. The van der Waals surface area contributed by atoms with Crippen LogP contribution in [0.4, 0.5) is 5.69 Å². The van der Waals surface area contributed by atoms with E-state index in [9.17, 15) is 9.59 Å². The van der Waals surface area contributed by atoms with Crippen molar-refractivity contribution < 1.29 is 9.59 Å². The minimum atomic E-state index is -0.462. The highest BCUT2D eigenvalue weighted by atomic mass is 32.2. The third-order valence-corrected chi connectivity index (χ3v) is 4.72. The summed E-state index contributed by atoms with van der Waals surface area (Å²) in [4.78, 5) is 34.2. The number of carbonyl (C=O) groups excluding carboxylic acids is 2. The lowest BCUT2D eigenvalue weighted by Gasteiger charge is -2.16. The molecule has 1 atom stereocenters. The van der Waals surface area contributed by atoms with Crippen molar-refractivity contribution in [2.24, 2.45) is 0 Å². The van der Waals surface area contributed by atoms with E-state index in [4.69, 9.17) is 0 Å². The molecule has 0 bridgehead atoms. The van der Waals surface area contributed by atoms with Gasteiger partial charge in [-0.05, 0) is 43.2 Å². The SMILES string of the molecule is Cc1ccc(N2C(=O)CC(Sc3ncccn3)C2=O)cc1C. The number of benzene rings is 1. The van der Waals surface area contributed by atoms with Gasteiger partial charge in [-0.3, -0.25) is 9.59 Å². The quantitative estimate of drug-likeness (QED) is 0.643. The van der Waals surface area contributed by atoms with Crippen LogP contribution in [-0.2, 0) is 9.59 Å². The highest BCUT2D eigenvalue weighted by Crippen LogP contribution is 2.32. The number of imide groups is 1. The molecule has 3 rings (SSSR count). The number of aromatic nitrogens is 2. The monoisotopic (exact) mass is 313 g/mol. The minimum absolute atomic E-state index is 0.175. The summed E-state index contributed by atoms with van der Waals surface area (Å²) in [5.41, 5.74) is 2.82. The molecule has 2 aromatic rings.